The first-order valence-corrected chi connectivity index (χ1v) is 8.11. The lowest BCUT2D eigenvalue weighted by atomic mass is 9.84. The zero-order chi connectivity index (χ0) is 15.3. The number of rotatable bonds is 2. The minimum Gasteiger partial charge on any atom is -0.327 e. The molecule has 2 saturated carbocycles. The molecular weight excluding hydrogens is 314 g/mol. The zero-order valence-electron chi connectivity index (χ0n) is 12.9. The molecule has 4 atom stereocenters. The zero-order valence-corrected chi connectivity index (χ0v) is 13.7. The molecule has 5 nitrogen and oxygen atoms in total. The van der Waals surface area contributed by atoms with Crippen molar-refractivity contribution in [2.45, 2.75) is 38.1 Å². The topological polar surface area (TPSA) is 84.2 Å². The average Bonchev–Trinajstić information content (AvgIpc) is 3.08. The van der Waals surface area contributed by atoms with E-state index < -0.39 is 0 Å². The maximum Gasteiger partial charge on any atom is 0.229 e. The first-order valence-electron chi connectivity index (χ1n) is 8.11. The smallest absolute Gasteiger partial charge is 0.229 e. The quantitative estimate of drug-likeness (QED) is 0.775. The standard InChI is InChI=1S/C17H21N3O2.ClH/c18-16-11-2-1-10(7-11)15(16)17(22)19-12-4-5-13-9(8-12)3-6-14(21)20-13;/h4-5,8,10-11,15-16H,1-3,6-7,18H2,(H,19,22)(H,20,21);1H. The Morgan fingerprint density at radius 1 is 1.22 bits per heavy atom. The fourth-order valence-electron chi connectivity index (χ4n) is 4.41. The Labute approximate surface area is 141 Å². The molecule has 0 spiro atoms. The molecular formula is C17H22ClN3O2. The largest absolute Gasteiger partial charge is 0.327 e. The van der Waals surface area contributed by atoms with E-state index in [2.05, 4.69) is 10.6 Å². The van der Waals surface area contributed by atoms with E-state index in [0.717, 1.165) is 36.2 Å². The number of carbonyl (C=O) groups excluding carboxylic acids is 2. The predicted molar refractivity (Wildman–Crippen MR) is 91.6 cm³/mol. The Bertz CT molecular complexity index is 647. The minimum absolute atomic E-state index is 0. The van der Waals surface area contributed by atoms with Gasteiger partial charge in [-0.15, -0.1) is 12.4 Å². The van der Waals surface area contributed by atoms with E-state index in [1.54, 1.807) is 0 Å². The predicted octanol–water partition coefficient (Wildman–Crippen LogP) is 2.30. The number of anilines is 2. The molecule has 0 radical (unpaired) electrons. The third-order valence-electron chi connectivity index (χ3n) is 5.55. The third kappa shape index (κ3) is 2.83. The summed E-state index contributed by atoms with van der Waals surface area (Å²) in [5.41, 5.74) is 8.97. The van der Waals surface area contributed by atoms with Gasteiger partial charge >= 0.3 is 0 Å². The van der Waals surface area contributed by atoms with Crippen LogP contribution in [0.4, 0.5) is 11.4 Å². The van der Waals surface area contributed by atoms with Crippen LogP contribution in [0.3, 0.4) is 0 Å². The molecule has 2 bridgehead atoms. The van der Waals surface area contributed by atoms with Gasteiger partial charge in [-0.2, -0.15) is 0 Å². The number of nitrogens with two attached hydrogens (primary N) is 1. The van der Waals surface area contributed by atoms with Crippen molar-refractivity contribution in [1.29, 1.82) is 0 Å². The number of carbonyl (C=O) groups is 2. The van der Waals surface area contributed by atoms with Crippen molar-refractivity contribution >= 4 is 35.6 Å². The van der Waals surface area contributed by atoms with Crippen LogP contribution in [0.15, 0.2) is 18.2 Å². The molecule has 3 aliphatic rings. The summed E-state index contributed by atoms with van der Waals surface area (Å²) < 4.78 is 0. The molecule has 1 aromatic carbocycles. The highest BCUT2D eigenvalue weighted by Crippen LogP contribution is 2.48. The van der Waals surface area contributed by atoms with E-state index in [1.165, 1.54) is 6.42 Å². The molecule has 1 heterocycles. The number of hydrogen-bond acceptors (Lipinski definition) is 3. The van der Waals surface area contributed by atoms with E-state index in [1.807, 2.05) is 18.2 Å². The second-order valence-electron chi connectivity index (χ2n) is 6.85. The lowest BCUT2D eigenvalue weighted by Gasteiger charge is -2.27. The van der Waals surface area contributed by atoms with Gasteiger partial charge in [0.15, 0.2) is 0 Å². The van der Waals surface area contributed by atoms with Crippen molar-refractivity contribution in [3.05, 3.63) is 23.8 Å². The van der Waals surface area contributed by atoms with Crippen LogP contribution in [-0.2, 0) is 16.0 Å². The van der Waals surface area contributed by atoms with Crippen LogP contribution in [-0.4, -0.2) is 17.9 Å². The fourth-order valence-corrected chi connectivity index (χ4v) is 4.41. The van der Waals surface area contributed by atoms with Gasteiger partial charge in [-0.1, -0.05) is 0 Å². The number of nitrogens with one attached hydrogen (secondary N) is 2. The van der Waals surface area contributed by atoms with Crippen molar-refractivity contribution in [3.8, 4) is 0 Å². The van der Waals surface area contributed by atoms with Gasteiger partial charge in [0.25, 0.3) is 0 Å². The molecule has 0 saturated heterocycles. The van der Waals surface area contributed by atoms with Gasteiger partial charge in [-0.05, 0) is 61.3 Å². The highest BCUT2D eigenvalue weighted by atomic mass is 35.5. The maximum atomic E-state index is 12.6. The van der Waals surface area contributed by atoms with Crippen molar-refractivity contribution < 1.29 is 9.59 Å². The molecule has 124 valence electrons. The second kappa shape index (κ2) is 6.13. The lowest BCUT2D eigenvalue weighted by Crippen LogP contribution is -2.42. The summed E-state index contributed by atoms with van der Waals surface area (Å²) in [7, 11) is 0. The number of benzene rings is 1. The van der Waals surface area contributed by atoms with Crippen LogP contribution >= 0.6 is 12.4 Å². The monoisotopic (exact) mass is 335 g/mol. The Hall–Kier alpha value is -1.59. The molecule has 4 rings (SSSR count). The summed E-state index contributed by atoms with van der Waals surface area (Å²) >= 11 is 0. The Morgan fingerprint density at radius 3 is 2.74 bits per heavy atom. The average molecular weight is 336 g/mol. The molecule has 6 heteroatoms. The van der Waals surface area contributed by atoms with Gasteiger partial charge in [0.1, 0.15) is 0 Å². The van der Waals surface area contributed by atoms with Crippen molar-refractivity contribution in [2.24, 2.45) is 23.5 Å². The molecule has 23 heavy (non-hydrogen) atoms. The highest BCUT2D eigenvalue weighted by Gasteiger charge is 2.49. The van der Waals surface area contributed by atoms with Crippen molar-refractivity contribution in [2.75, 3.05) is 10.6 Å². The van der Waals surface area contributed by atoms with Crippen LogP contribution in [0, 0.1) is 17.8 Å². The van der Waals surface area contributed by atoms with Crippen LogP contribution in [0.25, 0.3) is 0 Å². The van der Waals surface area contributed by atoms with Gasteiger partial charge in [0, 0.05) is 23.8 Å². The number of aryl methyl sites for hydroxylation is 1. The van der Waals surface area contributed by atoms with Gasteiger partial charge in [-0.3, -0.25) is 9.59 Å². The summed E-state index contributed by atoms with van der Waals surface area (Å²) in [4.78, 5) is 24.0. The van der Waals surface area contributed by atoms with E-state index in [0.29, 0.717) is 18.3 Å². The summed E-state index contributed by atoms with van der Waals surface area (Å²) in [5.74, 6) is 1.04. The minimum atomic E-state index is -0.0468. The second-order valence-corrected chi connectivity index (χ2v) is 6.85. The Kier molecular flexibility index (Phi) is 4.34. The van der Waals surface area contributed by atoms with E-state index in [4.69, 9.17) is 5.73 Å². The van der Waals surface area contributed by atoms with E-state index in [-0.39, 0.29) is 36.2 Å². The number of halogens is 1. The number of amides is 2. The summed E-state index contributed by atoms with van der Waals surface area (Å²) in [6, 6.07) is 5.69. The van der Waals surface area contributed by atoms with Crippen LogP contribution in [0.1, 0.15) is 31.2 Å². The molecule has 2 amide bonds. The normalized spacial score (nSPS) is 31.1. The van der Waals surface area contributed by atoms with Gasteiger partial charge < -0.3 is 16.4 Å². The molecule has 4 N–H and O–H groups in total. The van der Waals surface area contributed by atoms with Crippen molar-refractivity contribution in [1.82, 2.24) is 0 Å². The van der Waals surface area contributed by atoms with Gasteiger partial charge in [-0.25, -0.2) is 0 Å². The molecule has 2 aliphatic carbocycles. The lowest BCUT2D eigenvalue weighted by molar-refractivity contribution is -0.121. The summed E-state index contributed by atoms with van der Waals surface area (Å²) in [6.45, 7) is 0. The molecule has 4 unspecified atom stereocenters. The Balaban J connectivity index is 0.00000156. The van der Waals surface area contributed by atoms with E-state index >= 15 is 0 Å². The first kappa shape index (κ1) is 16.3. The van der Waals surface area contributed by atoms with Crippen LogP contribution < -0.4 is 16.4 Å². The van der Waals surface area contributed by atoms with Crippen LogP contribution in [0.2, 0.25) is 0 Å². The van der Waals surface area contributed by atoms with E-state index in [9.17, 15) is 9.59 Å². The fraction of sp³-hybridized carbons (Fsp3) is 0.529. The van der Waals surface area contributed by atoms with Crippen LogP contribution in [0.5, 0.6) is 0 Å². The van der Waals surface area contributed by atoms with Gasteiger partial charge in [0.2, 0.25) is 11.8 Å². The third-order valence-corrected chi connectivity index (χ3v) is 5.55. The number of hydrogen-bond donors (Lipinski definition) is 3. The maximum absolute atomic E-state index is 12.6. The Morgan fingerprint density at radius 2 is 2.00 bits per heavy atom. The van der Waals surface area contributed by atoms with Crippen molar-refractivity contribution in [3.63, 3.8) is 0 Å². The summed E-state index contributed by atoms with van der Waals surface area (Å²) in [5, 5.41) is 5.88. The van der Waals surface area contributed by atoms with Gasteiger partial charge in [0.05, 0.1) is 5.92 Å². The molecule has 1 aliphatic heterocycles. The number of fused-ring (bicyclic) bond motifs is 3. The molecule has 1 aromatic rings. The molecule has 2 fully saturated rings. The first-order chi connectivity index (χ1) is 10.6. The SMILES string of the molecule is Cl.NC1C2CCC(C2)C1C(=O)Nc1ccc2c(c1)CCC(=O)N2. The molecule has 0 aromatic heterocycles. The summed E-state index contributed by atoms with van der Waals surface area (Å²) in [6.07, 6.45) is 4.64. The highest BCUT2D eigenvalue weighted by molar-refractivity contribution is 5.96.